The van der Waals surface area contributed by atoms with Crippen molar-refractivity contribution >= 4 is 17.6 Å². The van der Waals surface area contributed by atoms with Gasteiger partial charge in [-0.2, -0.15) is 13.2 Å². The van der Waals surface area contributed by atoms with Crippen LogP contribution in [0, 0.1) is 0 Å². The maximum Gasteiger partial charge on any atom is 0.416 e. The number of hydrogen-bond donors (Lipinski definition) is 3. The fourth-order valence-electron chi connectivity index (χ4n) is 4.72. The zero-order chi connectivity index (χ0) is 27.3. The van der Waals surface area contributed by atoms with Crippen LogP contribution < -0.4 is 10.4 Å². The SMILES string of the molecule is O=C(NO)c1ccc(CN(C(=O)N2CCN(CC3(O)CCOCC3)CC2)c2cccc(C(F)(F)F)c2)cc1. The van der Waals surface area contributed by atoms with Gasteiger partial charge in [0.2, 0.25) is 0 Å². The van der Waals surface area contributed by atoms with Crippen molar-refractivity contribution in [1.82, 2.24) is 15.3 Å². The predicted molar refractivity (Wildman–Crippen MR) is 132 cm³/mol. The molecule has 0 bridgehead atoms. The summed E-state index contributed by atoms with van der Waals surface area (Å²) in [6, 6.07) is 10.2. The minimum Gasteiger partial charge on any atom is -0.388 e. The van der Waals surface area contributed by atoms with Crippen molar-refractivity contribution in [2.75, 3.05) is 50.8 Å². The van der Waals surface area contributed by atoms with Gasteiger partial charge in [0, 0.05) is 70.0 Å². The normalized spacial score (nSPS) is 18.2. The lowest BCUT2D eigenvalue weighted by molar-refractivity contribution is -0.137. The Hall–Kier alpha value is -3.19. The summed E-state index contributed by atoms with van der Waals surface area (Å²) >= 11 is 0. The molecule has 38 heavy (non-hydrogen) atoms. The van der Waals surface area contributed by atoms with Crippen LogP contribution in [-0.4, -0.2) is 83.6 Å². The maximum atomic E-state index is 13.6. The first-order valence-corrected chi connectivity index (χ1v) is 12.4. The standard InChI is InChI=1S/C26H31F3N4O5/c27-26(28,29)21-2-1-3-22(16-21)33(17-19-4-6-20(7-5-19)23(34)30-37)24(35)32-12-10-31(11-13-32)18-25(36)8-14-38-15-9-25/h1-7,16,36-37H,8-15,17-18H2,(H,30,34). The zero-order valence-corrected chi connectivity index (χ0v) is 20.8. The largest absolute Gasteiger partial charge is 0.416 e. The molecule has 2 fully saturated rings. The van der Waals surface area contributed by atoms with Gasteiger partial charge in [0.25, 0.3) is 5.91 Å². The van der Waals surface area contributed by atoms with Crippen LogP contribution in [0.25, 0.3) is 0 Å². The number of piperazine rings is 1. The van der Waals surface area contributed by atoms with Crippen molar-refractivity contribution in [2.24, 2.45) is 0 Å². The number of nitrogens with zero attached hydrogens (tertiary/aromatic N) is 3. The third kappa shape index (κ3) is 6.81. The Morgan fingerprint density at radius 2 is 1.68 bits per heavy atom. The van der Waals surface area contributed by atoms with E-state index in [9.17, 15) is 27.9 Å². The number of amides is 3. The Bertz CT molecular complexity index is 1110. The summed E-state index contributed by atoms with van der Waals surface area (Å²) < 4.78 is 45.6. The van der Waals surface area contributed by atoms with E-state index in [1.807, 2.05) is 0 Å². The number of carbonyl (C=O) groups excluding carboxylic acids is 2. The summed E-state index contributed by atoms with van der Waals surface area (Å²) in [5, 5.41) is 19.6. The first-order chi connectivity index (χ1) is 18.1. The summed E-state index contributed by atoms with van der Waals surface area (Å²) in [6.07, 6.45) is -3.47. The number of nitrogens with one attached hydrogen (secondary N) is 1. The average Bonchev–Trinajstić information content (AvgIpc) is 2.91. The van der Waals surface area contributed by atoms with Gasteiger partial charge in [-0.3, -0.25) is 19.8 Å². The van der Waals surface area contributed by atoms with Crippen LogP contribution in [0.2, 0.25) is 0 Å². The topological polar surface area (TPSA) is 106 Å². The molecule has 0 radical (unpaired) electrons. The molecule has 9 nitrogen and oxygen atoms in total. The zero-order valence-electron chi connectivity index (χ0n) is 20.8. The highest BCUT2D eigenvalue weighted by atomic mass is 19.4. The van der Waals surface area contributed by atoms with E-state index in [0.717, 1.165) is 12.1 Å². The molecule has 12 heteroatoms. The molecule has 4 rings (SSSR count). The Kier molecular flexibility index (Phi) is 8.56. The molecular weight excluding hydrogens is 505 g/mol. The van der Waals surface area contributed by atoms with Crippen molar-refractivity contribution in [3.05, 3.63) is 65.2 Å². The Morgan fingerprint density at radius 1 is 1.03 bits per heavy atom. The number of β-amino-alcohol motifs (C(OH)–C–C–N with tert-alkyl or cyclic N) is 1. The van der Waals surface area contributed by atoms with Crippen LogP contribution in [0.1, 0.15) is 34.3 Å². The second-order valence-electron chi connectivity index (χ2n) is 9.65. The second-order valence-corrected chi connectivity index (χ2v) is 9.65. The molecule has 2 aromatic rings. The Morgan fingerprint density at radius 3 is 2.29 bits per heavy atom. The van der Waals surface area contributed by atoms with E-state index in [0.29, 0.717) is 64.3 Å². The van der Waals surface area contributed by atoms with E-state index in [1.165, 1.54) is 34.6 Å². The summed E-state index contributed by atoms with van der Waals surface area (Å²) in [5.74, 6) is -0.703. The highest BCUT2D eigenvalue weighted by Gasteiger charge is 2.35. The first kappa shape index (κ1) is 27.8. The first-order valence-electron chi connectivity index (χ1n) is 12.4. The fraction of sp³-hybridized carbons (Fsp3) is 0.462. The molecule has 3 N–H and O–H groups in total. The van der Waals surface area contributed by atoms with E-state index in [-0.39, 0.29) is 17.8 Å². The number of rotatable bonds is 6. The molecule has 2 aliphatic rings. The molecule has 2 saturated heterocycles. The van der Waals surface area contributed by atoms with Gasteiger partial charge in [-0.25, -0.2) is 10.3 Å². The molecule has 0 spiro atoms. The molecular formula is C26H31F3N4O5. The molecule has 206 valence electrons. The van der Waals surface area contributed by atoms with Crippen LogP contribution in [0.4, 0.5) is 23.7 Å². The third-order valence-electron chi connectivity index (χ3n) is 6.96. The minimum absolute atomic E-state index is 0.0267. The summed E-state index contributed by atoms with van der Waals surface area (Å²) in [5.41, 5.74) is 0.725. The number of hydroxylamine groups is 1. The van der Waals surface area contributed by atoms with Crippen LogP contribution in [0.3, 0.4) is 0 Å². The average molecular weight is 537 g/mol. The van der Waals surface area contributed by atoms with Gasteiger partial charge in [0.15, 0.2) is 0 Å². The molecule has 0 aliphatic carbocycles. The van der Waals surface area contributed by atoms with E-state index in [4.69, 9.17) is 9.94 Å². The van der Waals surface area contributed by atoms with Crippen molar-refractivity contribution in [3.63, 3.8) is 0 Å². The number of carbonyl (C=O) groups is 2. The molecule has 0 saturated carbocycles. The lowest BCUT2D eigenvalue weighted by atomic mass is 9.93. The number of ether oxygens (including phenoxy) is 1. The molecule has 0 unspecified atom stereocenters. The van der Waals surface area contributed by atoms with Gasteiger partial charge in [0.05, 0.1) is 17.7 Å². The molecule has 2 aliphatic heterocycles. The Balaban J connectivity index is 1.51. The van der Waals surface area contributed by atoms with E-state index >= 15 is 0 Å². The van der Waals surface area contributed by atoms with Crippen LogP contribution in [-0.2, 0) is 17.5 Å². The highest BCUT2D eigenvalue weighted by Crippen LogP contribution is 2.32. The van der Waals surface area contributed by atoms with Crippen LogP contribution >= 0.6 is 0 Å². The lowest BCUT2D eigenvalue weighted by Gasteiger charge is -2.41. The number of benzene rings is 2. The second kappa shape index (κ2) is 11.7. The van der Waals surface area contributed by atoms with Crippen molar-refractivity contribution in [2.45, 2.75) is 31.2 Å². The van der Waals surface area contributed by atoms with Crippen LogP contribution in [0.15, 0.2) is 48.5 Å². The van der Waals surface area contributed by atoms with Gasteiger partial charge >= 0.3 is 12.2 Å². The van der Waals surface area contributed by atoms with Gasteiger partial charge < -0.3 is 14.7 Å². The molecule has 2 heterocycles. The maximum absolute atomic E-state index is 13.6. The monoisotopic (exact) mass is 536 g/mol. The number of halogens is 3. The number of alkyl halides is 3. The highest BCUT2D eigenvalue weighted by molar-refractivity contribution is 5.94. The van der Waals surface area contributed by atoms with Gasteiger partial charge in [-0.05, 0) is 35.9 Å². The number of anilines is 1. The summed E-state index contributed by atoms with van der Waals surface area (Å²) in [4.78, 5) is 30.2. The predicted octanol–water partition coefficient (Wildman–Crippen LogP) is 3.11. The van der Waals surface area contributed by atoms with Gasteiger partial charge in [-0.15, -0.1) is 0 Å². The molecule has 0 atom stereocenters. The summed E-state index contributed by atoms with van der Waals surface area (Å²) in [6.45, 7) is 3.23. The number of aliphatic hydroxyl groups is 1. The van der Waals surface area contributed by atoms with E-state index in [2.05, 4.69) is 4.90 Å². The smallest absolute Gasteiger partial charge is 0.388 e. The molecule has 3 amide bonds. The lowest BCUT2D eigenvalue weighted by Crippen LogP contribution is -2.56. The third-order valence-corrected chi connectivity index (χ3v) is 6.96. The number of urea groups is 1. The Labute approximate surface area is 218 Å². The summed E-state index contributed by atoms with van der Waals surface area (Å²) in [7, 11) is 0. The van der Waals surface area contributed by atoms with Crippen molar-refractivity contribution in [1.29, 1.82) is 0 Å². The molecule has 0 aromatic heterocycles. The quantitative estimate of drug-likeness (QED) is 0.387. The minimum atomic E-state index is -4.57. The van der Waals surface area contributed by atoms with Crippen LogP contribution in [0.5, 0.6) is 0 Å². The van der Waals surface area contributed by atoms with E-state index < -0.39 is 29.3 Å². The molecule has 2 aromatic carbocycles. The van der Waals surface area contributed by atoms with Gasteiger partial charge in [0.1, 0.15) is 0 Å². The number of hydrogen-bond acceptors (Lipinski definition) is 6. The van der Waals surface area contributed by atoms with Crippen molar-refractivity contribution < 1.29 is 37.8 Å². The van der Waals surface area contributed by atoms with Crippen molar-refractivity contribution in [3.8, 4) is 0 Å². The van der Waals surface area contributed by atoms with Gasteiger partial charge in [-0.1, -0.05) is 18.2 Å². The van der Waals surface area contributed by atoms with E-state index in [1.54, 1.807) is 17.0 Å². The fourth-order valence-corrected chi connectivity index (χ4v) is 4.72.